The molecule has 23 heavy (non-hydrogen) atoms. The molecule has 0 radical (unpaired) electrons. The summed E-state index contributed by atoms with van der Waals surface area (Å²) in [6.07, 6.45) is 3.48. The van der Waals surface area contributed by atoms with E-state index >= 15 is 0 Å². The maximum atomic E-state index is 12.3. The van der Waals surface area contributed by atoms with E-state index in [2.05, 4.69) is 10.3 Å². The molecule has 3 rings (SSSR count). The number of anilines is 2. The summed E-state index contributed by atoms with van der Waals surface area (Å²) < 4.78 is 0. The molecule has 0 bridgehead atoms. The topological polar surface area (TPSA) is 62.3 Å². The monoisotopic (exact) mass is 309 g/mol. The third-order valence-electron chi connectivity index (χ3n) is 4.25. The molecule has 5 heteroatoms. The van der Waals surface area contributed by atoms with Crippen LogP contribution in [0.4, 0.5) is 11.4 Å². The number of nitrogens with one attached hydrogen (secondary N) is 1. The largest absolute Gasteiger partial charge is 0.326 e. The standard InChI is InChI=1S/C18H19N3O2/c1-12-3-4-16(9-13(12)2)21-11-14(10-17(21)22)18(23)20-15-5-7-19-8-6-15/h3-9,14H,10-11H2,1-2H3,(H,19,20,23). The zero-order valence-electron chi connectivity index (χ0n) is 13.2. The number of carbonyl (C=O) groups excluding carboxylic acids is 2. The predicted molar refractivity (Wildman–Crippen MR) is 89.2 cm³/mol. The molecule has 5 nitrogen and oxygen atoms in total. The van der Waals surface area contributed by atoms with Gasteiger partial charge in [-0.25, -0.2) is 0 Å². The molecule has 1 saturated heterocycles. The second-order valence-electron chi connectivity index (χ2n) is 5.90. The molecule has 2 aromatic rings. The Hall–Kier alpha value is -2.69. The first-order valence-corrected chi connectivity index (χ1v) is 7.63. The highest BCUT2D eigenvalue weighted by molar-refractivity contribution is 6.03. The molecule has 1 unspecified atom stereocenters. The van der Waals surface area contributed by atoms with E-state index in [1.54, 1.807) is 29.4 Å². The van der Waals surface area contributed by atoms with Crippen molar-refractivity contribution >= 4 is 23.2 Å². The van der Waals surface area contributed by atoms with Crippen molar-refractivity contribution < 1.29 is 9.59 Å². The molecule has 1 aromatic heterocycles. The van der Waals surface area contributed by atoms with Gasteiger partial charge in [-0.1, -0.05) is 6.07 Å². The lowest BCUT2D eigenvalue weighted by atomic mass is 10.1. The van der Waals surface area contributed by atoms with Crippen molar-refractivity contribution in [3.63, 3.8) is 0 Å². The molecule has 2 amide bonds. The van der Waals surface area contributed by atoms with Crippen molar-refractivity contribution in [1.82, 2.24) is 4.98 Å². The number of aryl methyl sites for hydroxylation is 2. The van der Waals surface area contributed by atoms with Gasteiger partial charge >= 0.3 is 0 Å². The summed E-state index contributed by atoms with van der Waals surface area (Å²) in [4.78, 5) is 30.2. The molecule has 0 spiro atoms. The second kappa shape index (κ2) is 6.20. The molecule has 1 aromatic carbocycles. The highest BCUT2D eigenvalue weighted by Crippen LogP contribution is 2.27. The van der Waals surface area contributed by atoms with E-state index in [-0.39, 0.29) is 24.2 Å². The van der Waals surface area contributed by atoms with Gasteiger partial charge in [0.1, 0.15) is 0 Å². The van der Waals surface area contributed by atoms with Gasteiger partial charge in [0.15, 0.2) is 0 Å². The fourth-order valence-electron chi connectivity index (χ4n) is 2.71. The van der Waals surface area contributed by atoms with Crippen LogP contribution in [0.2, 0.25) is 0 Å². The predicted octanol–water partition coefficient (Wildman–Crippen LogP) is 2.69. The van der Waals surface area contributed by atoms with Crippen molar-refractivity contribution in [2.45, 2.75) is 20.3 Å². The normalized spacial score (nSPS) is 17.4. The van der Waals surface area contributed by atoms with Crippen molar-refractivity contribution in [2.24, 2.45) is 5.92 Å². The summed E-state index contributed by atoms with van der Waals surface area (Å²) in [5, 5.41) is 2.84. The highest BCUT2D eigenvalue weighted by atomic mass is 16.2. The van der Waals surface area contributed by atoms with E-state index in [4.69, 9.17) is 0 Å². The molecular weight excluding hydrogens is 290 g/mol. The van der Waals surface area contributed by atoms with Crippen LogP contribution in [0.1, 0.15) is 17.5 Å². The fraction of sp³-hybridized carbons (Fsp3) is 0.278. The Bertz CT molecular complexity index is 743. The van der Waals surface area contributed by atoms with Gasteiger partial charge in [-0.05, 0) is 49.2 Å². The number of rotatable bonds is 3. The Kier molecular flexibility index (Phi) is 4.10. The molecule has 1 atom stereocenters. The average Bonchev–Trinajstić information content (AvgIpc) is 2.93. The maximum Gasteiger partial charge on any atom is 0.229 e. The van der Waals surface area contributed by atoms with E-state index < -0.39 is 0 Å². The summed E-state index contributed by atoms with van der Waals surface area (Å²) in [6.45, 7) is 4.47. The Balaban J connectivity index is 1.71. The van der Waals surface area contributed by atoms with E-state index in [1.165, 1.54) is 5.56 Å². The summed E-state index contributed by atoms with van der Waals surface area (Å²) in [7, 11) is 0. The minimum Gasteiger partial charge on any atom is -0.326 e. The zero-order chi connectivity index (χ0) is 16.4. The van der Waals surface area contributed by atoms with Crippen molar-refractivity contribution in [2.75, 3.05) is 16.8 Å². The quantitative estimate of drug-likeness (QED) is 0.948. The first kappa shape index (κ1) is 15.2. The van der Waals surface area contributed by atoms with Gasteiger partial charge in [-0.3, -0.25) is 14.6 Å². The van der Waals surface area contributed by atoms with Gasteiger partial charge in [0, 0.05) is 36.7 Å². The highest BCUT2D eigenvalue weighted by Gasteiger charge is 2.35. The Labute approximate surface area is 135 Å². The lowest BCUT2D eigenvalue weighted by Crippen LogP contribution is -2.28. The average molecular weight is 309 g/mol. The van der Waals surface area contributed by atoms with E-state index in [0.29, 0.717) is 12.2 Å². The molecule has 2 heterocycles. The number of pyridine rings is 1. The van der Waals surface area contributed by atoms with Crippen LogP contribution in [-0.2, 0) is 9.59 Å². The first-order valence-electron chi connectivity index (χ1n) is 7.63. The van der Waals surface area contributed by atoms with Gasteiger partial charge in [-0.15, -0.1) is 0 Å². The first-order chi connectivity index (χ1) is 11.0. The Morgan fingerprint density at radius 3 is 2.61 bits per heavy atom. The second-order valence-corrected chi connectivity index (χ2v) is 5.90. The number of amides is 2. The molecule has 0 saturated carbocycles. The number of hydrogen-bond acceptors (Lipinski definition) is 3. The van der Waals surface area contributed by atoms with Crippen LogP contribution < -0.4 is 10.2 Å². The molecule has 0 aliphatic carbocycles. The van der Waals surface area contributed by atoms with Gasteiger partial charge in [0.2, 0.25) is 11.8 Å². The SMILES string of the molecule is Cc1ccc(N2CC(C(=O)Nc3ccncc3)CC2=O)cc1C. The van der Waals surface area contributed by atoms with Crippen molar-refractivity contribution in [3.05, 3.63) is 53.9 Å². The van der Waals surface area contributed by atoms with Crippen LogP contribution in [0.25, 0.3) is 0 Å². The third kappa shape index (κ3) is 3.23. The van der Waals surface area contributed by atoms with Crippen LogP contribution in [0, 0.1) is 19.8 Å². The van der Waals surface area contributed by atoms with Gasteiger partial charge in [0.25, 0.3) is 0 Å². The number of carbonyl (C=O) groups is 2. The summed E-state index contributed by atoms with van der Waals surface area (Å²) in [5.74, 6) is -0.476. The zero-order valence-corrected chi connectivity index (χ0v) is 13.2. The summed E-state index contributed by atoms with van der Waals surface area (Å²) in [6, 6.07) is 9.40. The van der Waals surface area contributed by atoms with Crippen LogP contribution >= 0.6 is 0 Å². The fourth-order valence-corrected chi connectivity index (χ4v) is 2.71. The number of hydrogen-bond donors (Lipinski definition) is 1. The molecule has 1 aliphatic heterocycles. The number of nitrogens with zero attached hydrogens (tertiary/aromatic N) is 2. The van der Waals surface area contributed by atoms with Crippen LogP contribution in [0.3, 0.4) is 0 Å². The van der Waals surface area contributed by atoms with Crippen molar-refractivity contribution in [1.29, 1.82) is 0 Å². The van der Waals surface area contributed by atoms with Crippen LogP contribution in [0.15, 0.2) is 42.7 Å². The van der Waals surface area contributed by atoms with Crippen LogP contribution in [0.5, 0.6) is 0 Å². The van der Waals surface area contributed by atoms with Crippen molar-refractivity contribution in [3.8, 4) is 0 Å². The lowest BCUT2D eigenvalue weighted by molar-refractivity contribution is -0.122. The molecular formula is C18H19N3O2. The van der Waals surface area contributed by atoms with Gasteiger partial charge in [-0.2, -0.15) is 0 Å². The van der Waals surface area contributed by atoms with E-state index in [9.17, 15) is 9.59 Å². The smallest absolute Gasteiger partial charge is 0.229 e. The molecule has 1 aliphatic rings. The lowest BCUT2D eigenvalue weighted by Gasteiger charge is -2.18. The number of aromatic nitrogens is 1. The molecule has 1 fully saturated rings. The van der Waals surface area contributed by atoms with Crippen LogP contribution in [-0.4, -0.2) is 23.3 Å². The van der Waals surface area contributed by atoms with E-state index in [0.717, 1.165) is 11.3 Å². The Morgan fingerprint density at radius 2 is 1.91 bits per heavy atom. The molecule has 1 N–H and O–H groups in total. The number of benzene rings is 1. The summed E-state index contributed by atoms with van der Waals surface area (Å²) in [5.41, 5.74) is 3.88. The summed E-state index contributed by atoms with van der Waals surface area (Å²) >= 11 is 0. The minimum absolute atomic E-state index is 0.0110. The third-order valence-corrected chi connectivity index (χ3v) is 4.25. The Morgan fingerprint density at radius 1 is 1.17 bits per heavy atom. The van der Waals surface area contributed by atoms with E-state index in [1.807, 2.05) is 32.0 Å². The molecule has 118 valence electrons. The maximum absolute atomic E-state index is 12.3. The van der Waals surface area contributed by atoms with Gasteiger partial charge < -0.3 is 10.2 Å². The minimum atomic E-state index is -0.336. The van der Waals surface area contributed by atoms with Gasteiger partial charge in [0.05, 0.1) is 5.92 Å².